The van der Waals surface area contributed by atoms with Gasteiger partial charge in [0.2, 0.25) is 0 Å². The minimum atomic E-state index is -0.150. The lowest BCUT2D eigenvalue weighted by atomic mass is 9.41. The van der Waals surface area contributed by atoms with Gasteiger partial charge in [-0.3, -0.25) is 4.79 Å². The lowest BCUT2D eigenvalue weighted by Gasteiger charge is -2.62. The van der Waals surface area contributed by atoms with Crippen molar-refractivity contribution in [3.05, 3.63) is 135 Å². The Hall–Kier alpha value is -3.45. The standard InChI is InChI=1S/C45H56O/c1-26(2)38-22-37(18-15-28(5)21-35-16-19-36(20-17-35)34(11)46)30(7)41-31(8)42-33(10)45(14)32(9)40(27(3)4)29(6)23-44(45,13)25-43(42,12)24-39(38)41/h16-17,19-20,22,26H,3,5,8-9,15,18,21,23-25H2,1-2,4,6-7,10-14H3/t43-,44+,45-/m1/s1. The summed E-state index contributed by atoms with van der Waals surface area (Å²) in [5.41, 5.74) is 19.5. The highest BCUT2D eigenvalue weighted by atomic mass is 16.1. The van der Waals surface area contributed by atoms with Crippen molar-refractivity contribution in [2.75, 3.05) is 0 Å². The fourth-order valence-electron chi connectivity index (χ4n) is 10.0. The zero-order valence-electron chi connectivity index (χ0n) is 30.4. The molecule has 0 radical (unpaired) electrons. The van der Waals surface area contributed by atoms with Gasteiger partial charge in [0, 0.05) is 11.0 Å². The van der Waals surface area contributed by atoms with Crippen molar-refractivity contribution in [1.29, 1.82) is 0 Å². The highest BCUT2D eigenvalue weighted by Crippen LogP contribution is 2.70. The molecule has 0 saturated heterocycles. The summed E-state index contributed by atoms with van der Waals surface area (Å²) in [4.78, 5) is 11.7. The number of carbonyl (C=O) groups excluding carboxylic acids is 1. The molecule has 0 heterocycles. The first-order valence-corrected chi connectivity index (χ1v) is 17.2. The Balaban J connectivity index is 1.54. The van der Waals surface area contributed by atoms with Crippen molar-refractivity contribution >= 4 is 11.4 Å². The number of allylic oxidation sites excluding steroid dienone is 8. The Kier molecular flexibility index (Phi) is 8.59. The van der Waals surface area contributed by atoms with E-state index in [0.29, 0.717) is 5.92 Å². The van der Waals surface area contributed by atoms with E-state index in [1.54, 1.807) is 6.92 Å². The Bertz CT molecular complexity index is 1770. The van der Waals surface area contributed by atoms with Crippen LogP contribution in [0.3, 0.4) is 0 Å². The molecule has 2 aromatic rings. The molecule has 1 heteroatoms. The van der Waals surface area contributed by atoms with E-state index in [2.05, 4.69) is 93.7 Å². The zero-order valence-corrected chi connectivity index (χ0v) is 30.4. The molecule has 0 bridgehead atoms. The normalized spacial score (nSPS) is 25.8. The van der Waals surface area contributed by atoms with E-state index in [4.69, 9.17) is 13.2 Å². The first-order chi connectivity index (χ1) is 21.4. The molecule has 0 unspecified atom stereocenters. The number of aryl methyl sites for hydroxylation is 1. The molecule has 1 nitrogen and oxygen atoms in total. The molecule has 46 heavy (non-hydrogen) atoms. The summed E-state index contributed by atoms with van der Waals surface area (Å²) in [6.45, 7) is 41.5. The second-order valence-electron chi connectivity index (χ2n) is 16.1. The van der Waals surface area contributed by atoms with Crippen LogP contribution in [0.5, 0.6) is 0 Å². The lowest BCUT2D eigenvalue weighted by molar-refractivity contribution is 0.0543. The quantitative estimate of drug-likeness (QED) is 0.214. The van der Waals surface area contributed by atoms with Crippen molar-refractivity contribution in [1.82, 2.24) is 0 Å². The minimum absolute atomic E-state index is 0.0214. The monoisotopic (exact) mass is 612 g/mol. The molecule has 3 atom stereocenters. The van der Waals surface area contributed by atoms with E-state index in [-0.39, 0.29) is 22.0 Å². The van der Waals surface area contributed by atoms with E-state index in [9.17, 15) is 4.79 Å². The second kappa shape index (κ2) is 11.7. The smallest absolute Gasteiger partial charge is 0.159 e. The van der Waals surface area contributed by atoms with E-state index in [1.807, 2.05) is 12.1 Å². The molecule has 0 fully saturated rings. The predicted molar refractivity (Wildman–Crippen MR) is 199 cm³/mol. The molecule has 2 aromatic carbocycles. The number of benzene rings is 2. The van der Waals surface area contributed by atoms with E-state index in [1.165, 1.54) is 72.4 Å². The van der Waals surface area contributed by atoms with Crippen LogP contribution < -0.4 is 0 Å². The SMILES string of the molecule is C=C(CCc1cc(C(C)C)c2c(c1C)C(=C)C1=C(C)[C@@]3(C)C(=C)C(C(=C)C)=C(C)C[C@@]3(C)C[C@@]1(C)C2)Cc1ccc(C(C)=O)cc1. The Morgan fingerprint density at radius 1 is 0.957 bits per heavy atom. The highest BCUT2D eigenvalue weighted by Gasteiger charge is 2.59. The van der Waals surface area contributed by atoms with Gasteiger partial charge in [-0.2, -0.15) is 0 Å². The number of fused-ring (bicyclic) bond motifs is 3. The average molecular weight is 613 g/mol. The van der Waals surface area contributed by atoms with Crippen LogP contribution in [-0.4, -0.2) is 5.78 Å². The molecule has 0 N–H and O–H groups in total. The summed E-state index contributed by atoms with van der Waals surface area (Å²) in [5, 5.41) is 0. The number of carbonyl (C=O) groups is 1. The Morgan fingerprint density at radius 3 is 2.15 bits per heavy atom. The van der Waals surface area contributed by atoms with E-state index in [0.717, 1.165) is 49.7 Å². The van der Waals surface area contributed by atoms with Gasteiger partial charge in [0.05, 0.1) is 0 Å². The van der Waals surface area contributed by atoms with Crippen LogP contribution >= 0.6 is 0 Å². The van der Waals surface area contributed by atoms with E-state index >= 15 is 0 Å². The highest BCUT2D eigenvalue weighted by molar-refractivity contribution is 5.94. The van der Waals surface area contributed by atoms with Crippen molar-refractivity contribution in [3.8, 4) is 0 Å². The molecule has 0 aliphatic heterocycles. The number of rotatable bonds is 8. The maximum Gasteiger partial charge on any atom is 0.159 e. The molecule has 0 spiro atoms. The van der Waals surface area contributed by atoms with E-state index < -0.39 is 0 Å². The van der Waals surface area contributed by atoms with Crippen molar-refractivity contribution < 1.29 is 4.79 Å². The van der Waals surface area contributed by atoms with Crippen LogP contribution in [0.1, 0.15) is 131 Å². The third kappa shape index (κ3) is 5.19. The van der Waals surface area contributed by atoms with Crippen LogP contribution in [0.25, 0.3) is 5.57 Å². The predicted octanol–water partition coefficient (Wildman–Crippen LogP) is 12.2. The number of hydrogen-bond donors (Lipinski definition) is 0. The fraction of sp³-hybridized carbons (Fsp3) is 0.444. The number of Topliss-reactive ketones (excluding diaryl/α,β-unsaturated/α-hetero) is 1. The molecule has 3 aliphatic rings. The molecule has 242 valence electrons. The minimum Gasteiger partial charge on any atom is -0.295 e. The van der Waals surface area contributed by atoms with Crippen LogP contribution in [0.4, 0.5) is 0 Å². The summed E-state index contributed by atoms with van der Waals surface area (Å²) in [7, 11) is 0. The lowest BCUT2D eigenvalue weighted by Crippen LogP contribution is -2.52. The van der Waals surface area contributed by atoms with Gasteiger partial charge in [-0.1, -0.05) is 114 Å². The van der Waals surface area contributed by atoms with Crippen molar-refractivity contribution in [3.63, 3.8) is 0 Å². The van der Waals surface area contributed by atoms with Crippen LogP contribution in [0.2, 0.25) is 0 Å². The molecule has 0 amide bonds. The van der Waals surface area contributed by atoms with Gasteiger partial charge in [-0.25, -0.2) is 0 Å². The summed E-state index contributed by atoms with van der Waals surface area (Å²) >= 11 is 0. The fourth-order valence-corrected chi connectivity index (χ4v) is 10.0. The van der Waals surface area contributed by atoms with Gasteiger partial charge in [0.25, 0.3) is 0 Å². The van der Waals surface area contributed by atoms with Crippen LogP contribution in [-0.2, 0) is 19.3 Å². The van der Waals surface area contributed by atoms with Gasteiger partial charge in [-0.15, -0.1) is 0 Å². The third-order valence-electron chi connectivity index (χ3n) is 12.3. The van der Waals surface area contributed by atoms with Crippen LogP contribution in [0.15, 0.2) is 95.7 Å². The zero-order chi connectivity index (χ0) is 34.1. The topological polar surface area (TPSA) is 17.1 Å². The molecule has 3 aliphatic carbocycles. The van der Waals surface area contributed by atoms with Crippen LogP contribution in [0, 0.1) is 23.2 Å². The van der Waals surface area contributed by atoms with Gasteiger partial charge >= 0.3 is 0 Å². The number of hydrogen-bond acceptors (Lipinski definition) is 1. The number of ketones is 1. The van der Waals surface area contributed by atoms with Gasteiger partial charge in [-0.05, 0) is 146 Å². The largest absolute Gasteiger partial charge is 0.295 e. The summed E-state index contributed by atoms with van der Waals surface area (Å²) < 4.78 is 0. The Morgan fingerprint density at radius 2 is 1.59 bits per heavy atom. The summed E-state index contributed by atoms with van der Waals surface area (Å²) in [6, 6.07) is 10.5. The maximum atomic E-state index is 11.7. The summed E-state index contributed by atoms with van der Waals surface area (Å²) in [6.07, 6.45) is 5.97. The molecule has 5 rings (SSSR count). The average Bonchev–Trinajstić information content (AvgIpc) is 2.94. The summed E-state index contributed by atoms with van der Waals surface area (Å²) in [5.74, 6) is 0.534. The molecular formula is C45H56O. The van der Waals surface area contributed by atoms with Crippen molar-refractivity contribution in [2.45, 2.75) is 114 Å². The first kappa shape index (κ1) is 33.9. The molecule has 0 aromatic heterocycles. The first-order valence-electron chi connectivity index (χ1n) is 17.2. The van der Waals surface area contributed by atoms with Gasteiger partial charge < -0.3 is 0 Å². The molecular weight excluding hydrogens is 556 g/mol. The third-order valence-corrected chi connectivity index (χ3v) is 12.3. The Labute approximate surface area is 280 Å². The van der Waals surface area contributed by atoms with Gasteiger partial charge in [0.15, 0.2) is 5.78 Å². The second-order valence-corrected chi connectivity index (χ2v) is 16.1. The van der Waals surface area contributed by atoms with Gasteiger partial charge in [0.1, 0.15) is 0 Å². The van der Waals surface area contributed by atoms with Crippen molar-refractivity contribution in [2.24, 2.45) is 16.2 Å². The molecule has 0 saturated carbocycles. The maximum absolute atomic E-state index is 11.7.